The number of unbranched alkanes of at least 4 members (excludes halogenated alkanes) is 40. The van der Waals surface area contributed by atoms with Gasteiger partial charge in [0.05, 0.1) is 34.4 Å². The van der Waals surface area contributed by atoms with Crippen LogP contribution in [0.4, 0.5) is 0 Å². The molecule has 0 fully saturated rings. The SMILES string of the molecule is CCCCCCC/C=C\C/C=C\C/C=C\CCCCCCCCCCCCCOCC(COP(=O)([O-])OCC[N+](C)(C)C)OC(=O)CCCCCCCCCCCCCCCCCCCCCCCCCCC. The fourth-order valence-corrected chi connectivity index (χ4v) is 10.1. The van der Waals surface area contributed by atoms with Crippen molar-refractivity contribution in [2.24, 2.45) is 0 Å². The third-order valence-corrected chi connectivity index (χ3v) is 15.2. The highest BCUT2D eigenvalue weighted by atomic mass is 31.2. The number of ether oxygens (including phenoxy) is 2. The highest BCUT2D eigenvalue weighted by Crippen LogP contribution is 2.38. The van der Waals surface area contributed by atoms with Crippen LogP contribution in [0.2, 0.25) is 0 Å². The van der Waals surface area contributed by atoms with E-state index in [1.54, 1.807) is 0 Å². The number of likely N-dealkylation sites (N-methyl/N-ethyl adjacent to an activating group) is 1. The molecule has 0 aromatic heterocycles. The summed E-state index contributed by atoms with van der Waals surface area (Å²) in [6.45, 7) is 5.46. The average Bonchev–Trinajstić information content (AvgIpc) is 3.35. The minimum Gasteiger partial charge on any atom is -0.756 e. The topological polar surface area (TPSA) is 94.1 Å². The second kappa shape index (κ2) is 56.9. The summed E-state index contributed by atoms with van der Waals surface area (Å²) in [6, 6.07) is 0. The van der Waals surface area contributed by atoms with Crippen LogP contribution < -0.4 is 4.89 Å². The highest BCUT2D eigenvalue weighted by molar-refractivity contribution is 7.45. The van der Waals surface area contributed by atoms with Gasteiger partial charge in [-0.3, -0.25) is 9.36 Å². The zero-order valence-electron chi connectivity index (χ0n) is 49.4. The van der Waals surface area contributed by atoms with Gasteiger partial charge in [-0.15, -0.1) is 0 Å². The summed E-state index contributed by atoms with van der Waals surface area (Å²) < 4.78 is 34.9. The molecular weight excluding hydrogens is 926 g/mol. The van der Waals surface area contributed by atoms with Gasteiger partial charge in [0.1, 0.15) is 19.3 Å². The van der Waals surface area contributed by atoms with E-state index in [-0.39, 0.29) is 25.8 Å². The van der Waals surface area contributed by atoms with Crippen LogP contribution in [0.15, 0.2) is 36.5 Å². The van der Waals surface area contributed by atoms with E-state index in [4.69, 9.17) is 18.5 Å². The van der Waals surface area contributed by atoms with Crippen molar-refractivity contribution in [1.29, 1.82) is 0 Å². The maximum absolute atomic E-state index is 12.8. The van der Waals surface area contributed by atoms with Gasteiger partial charge in [0, 0.05) is 13.0 Å². The van der Waals surface area contributed by atoms with Crippen LogP contribution in [0.1, 0.15) is 309 Å². The predicted molar refractivity (Wildman–Crippen MR) is 314 cm³/mol. The van der Waals surface area contributed by atoms with E-state index in [2.05, 4.69) is 50.3 Å². The standard InChI is InChI=1S/C64H124NO7P/c1-6-8-10-12-14-16-18-20-22-24-26-28-30-32-34-36-38-40-42-44-46-48-50-52-54-56-59-69-61-63(62-71-73(67,68)70-60-58-65(3,4)5)72-64(66)57-55-53-51-49-47-45-43-41-39-37-35-33-31-29-27-25-23-21-19-17-15-13-11-9-7-2/h18,20,24,26,30,32,63H,6-17,19,21-23,25,27-29,31,33-62H2,1-5H3/b20-18-,26-24-,32-30-. The third kappa shape index (κ3) is 61.5. The van der Waals surface area contributed by atoms with E-state index >= 15 is 0 Å². The zero-order valence-corrected chi connectivity index (χ0v) is 50.3. The van der Waals surface area contributed by atoms with Gasteiger partial charge >= 0.3 is 5.97 Å². The fraction of sp³-hybridized carbons (Fsp3) is 0.891. The number of rotatable bonds is 60. The Labute approximate surface area is 455 Å². The fourth-order valence-electron chi connectivity index (χ4n) is 9.32. The number of nitrogens with zero attached hydrogens (tertiary/aromatic N) is 1. The minimum atomic E-state index is -4.54. The van der Waals surface area contributed by atoms with E-state index in [1.165, 1.54) is 244 Å². The molecule has 0 aromatic rings. The molecule has 0 aliphatic rings. The minimum absolute atomic E-state index is 0.0274. The van der Waals surface area contributed by atoms with E-state index in [9.17, 15) is 14.3 Å². The van der Waals surface area contributed by atoms with Crippen LogP contribution in [-0.4, -0.2) is 70.7 Å². The Morgan fingerprint density at radius 3 is 1.12 bits per heavy atom. The number of hydrogen-bond donors (Lipinski definition) is 0. The van der Waals surface area contributed by atoms with Crippen molar-refractivity contribution in [2.45, 2.75) is 315 Å². The Hall–Kier alpha value is -1.28. The summed E-state index contributed by atoms with van der Waals surface area (Å²) in [4.78, 5) is 25.3. The van der Waals surface area contributed by atoms with E-state index in [0.29, 0.717) is 24.1 Å². The van der Waals surface area contributed by atoms with Crippen molar-refractivity contribution in [1.82, 2.24) is 0 Å². The number of esters is 1. The van der Waals surface area contributed by atoms with Gasteiger partial charge in [0.15, 0.2) is 0 Å². The molecule has 0 radical (unpaired) electrons. The molecule has 2 unspecified atom stereocenters. The smallest absolute Gasteiger partial charge is 0.306 e. The quantitative estimate of drug-likeness (QED) is 0.0197. The first-order valence-electron chi connectivity index (χ1n) is 31.7. The van der Waals surface area contributed by atoms with Crippen molar-refractivity contribution < 1.29 is 37.3 Å². The molecule has 2 atom stereocenters. The lowest BCUT2D eigenvalue weighted by Gasteiger charge is -2.28. The molecule has 0 aromatic carbocycles. The average molecular weight is 1050 g/mol. The molecule has 0 saturated carbocycles. The summed E-state index contributed by atoms with van der Waals surface area (Å²) in [7, 11) is 1.37. The van der Waals surface area contributed by atoms with Gasteiger partial charge in [-0.25, -0.2) is 0 Å². The van der Waals surface area contributed by atoms with E-state index in [0.717, 1.165) is 44.9 Å². The van der Waals surface area contributed by atoms with Gasteiger partial charge in [-0.1, -0.05) is 288 Å². The molecule has 432 valence electrons. The maximum Gasteiger partial charge on any atom is 0.306 e. The Morgan fingerprint density at radius 1 is 0.425 bits per heavy atom. The molecule has 0 aliphatic carbocycles. The van der Waals surface area contributed by atoms with Crippen molar-refractivity contribution in [3.63, 3.8) is 0 Å². The van der Waals surface area contributed by atoms with Crippen molar-refractivity contribution in [2.75, 3.05) is 54.1 Å². The first-order chi connectivity index (χ1) is 35.6. The number of phosphoric ester groups is 1. The number of hydrogen-bond acceptors (Lipinski definition) is 7. The molecule has 0 spiro atoms. The predicted octanol–water partition coefficient (Wildman–Crippen LogP) is 19.8. The molecule has 9 heteroatoms. The molecule has 0 aliphatic heterocycles. The van der Waals surface area contributed by atoms with Gasteiger partial charge in [-0.05, 0) is 51.4 Å². The molecule has 8 nitrogen and oxygen atoms in total. The number of carbonyl (C=O) groups excluding carboxylic acids is 1. The Bertz CT molecular complexity index is 1260. The van der Waals surface area contributed by atoms with Gasteiger partial charge in [0.25, 0.3) is 7.82 Å². The lowest BCUT2D eigenvalue weighted by atomic mass is 10.0. The van der Waals surface area contributed by atoms with Gasteiger partial charge < -0.3 is 27.9 Å². The normalized spacial score (nSPS) is 13.6. The summed E-state index contributed by atoms with van der Waals surface area (Å²) in [5.41, 5.74) is 0. The van der Waals surface area contributed by atoms with Crippen LogP contribution in [0.5, 0.6) is 0 Å². The first kappa shape index (κ1) is 71.7. The second-order valence-electron chi connectivity index (χ2n) is 22.8. The summed E-state index contributed by atoms with van der Waals surface area (Å²) >= 11 is 0. The van der Waals surface area contributed by atoms with E-state index < -0.39 is 13.9 Å². The second-order valence-corrected chi connectivity index (χ2v) is 24.2. The summed E-state index contributed by atoms with van der Waals surface area (Å²) in [5, 5.41) is 0. The number of quaternary nitrogens is 1. The molecule has 0 rings (SSSR count). The number of carbonyl (C=O) groups is 1. The van der Waals surface area contributed by atoms with Crippen LogP contribution in [0.3, 0.4) is 0 Å². The Balaban J connectivity index is 4.00. The maximum atomic E-state index is 12.8. The van der Waals surface area contributed by atoms with Crippen molar-refractivity contribution in [3.8, 4) is 0 Å². The molecule has 0 amide bonds. The molecule has 73 heavy (non-hydrogen) atoms. The van der Waals surface area contributed by atoms with Crippen LogP contribution in [0.25, 0.3) is 0 Å². The summed E-state index contributed by atoms with van der Waals surface area (Å²) in [6.07, 6.45) is 72.0. The number of allylic oxidation sites excluding steroid dienone is 6. The lowest BCUT2D eigenvalue weighted by molar-refractivity contribution is -0.870. The van der Waals surface area contributed by atoms with Crippen molar-refractivity contribution >= 4 is 13.8 Å². The van der Waals surface area contributed by atoms with E-state index in [1.807, 2.05) is 21.1 Å². The lowest BCUT2D eigenvalue weighted by Crippen LogP contribution is -2.37. The van der Waals surface area contributed by atoms with Crippen molar-refractivity contribution in [3.05, 3.63) is 36.5 Å². The Morgan fingerprint density at radius 2 is 0.753 bits per heavy atom. The molecule has 0 N–H and O–H groups in total. The van der Waals surface area contributed by atoms with Crippen LogP contribution in [0, 0.1) is 0 Å². The first-order valence-corrected chi connectivity index (χ1v) is 33.2. The zero-order chi connectivity index (χ0) is 53.3. The molecule has 0 saturated heterocycles. The third-order valence-electron chi connectivity index (χ3n) is 14.2. The molecule has 0 heterocycles. The van der Waals surface area contributed by atoms with Crippen LogP contribution in [-0.2, 0) is 27.9 Å². The highest BCUT2D eigenvalue weighted by Gasteiger charge is 2.20. The van der Waals surface area contributed by atoms with Gasteiger partial charge in [0.2, 0.25) is 0 Å². The summed E-state index contributed by atoms with van der Waals surface area (Å²) in [5.74, 6) is -0.327. The largest absolute Gasteiger partial charge is 0.756 e. The van der Waals surface area contributed by atoms with Gasteiger partial charge in [-0.2, -0.15) is 0 Å². The number of phosphoric acid groups is 1. The molecule has 0 bridgehead atoms. The Kier molecular flexibility index (Phi) is 55.9. The monoisotopic (exact) mass is 1050 g/mol. The molecular formula is C64H124NO7P. The van der Waals surface area contributed by atoms with Crippen LogP contribution >= 0.6 is 7.82 Å².